The molecular formula is C20H18O2. The highest BCUT2D eigenvalue weighted by Gasteiger charge is 2.24. The average Bonchev–Trinajstić information content (AvgIpc) is 3.37. The van der Waals surface area contributed by atoms with Gasteiger partial charge in [-0.15, -0.1) is 0 Å². The molecule has 0 atom stereocenters. The fourth-order valence-electron chi connectivity index (χ4n) is 2.93. The third kappa shape index (κ3) is 2.57. The number of para-hydroxylation sites is 1. The highest BCUT2D eigenvalue weighted by Crippen LogP contribution is 2.35. The summed E-state index contributed by atoms with van der Waals surface area (Å²) in [5.41, 5.74) is 4.02. The van der Waals surface area contributed by atoms with E-state index in [0.717, 1.165) is 47.0 Å². The van der Waals surface area contributed by atoms with Crippen LogP contribution in [0, 0.1) is 5.92 Å². The Morgan fingerprint density at radius 3 is 2.50 bits per heavy atom. The van der Waals surface area contributed by atoms with Crippen molar-refractivity contribution in [3.05, 3.63) is 71.3 Å². The Labute approximate surface area is 130 Å². The van der Waals surface area contributed by atoms with Gasteiger partial charge < -0.3 is 4.74 Å². The van der Waals surface area contributed by atoms with Gasteiger partial charge in [-0.05, 0) is 48.5 Å². The van der Waals surface area contributed by atoms with Crippen molar-refractivity contribution in [3.63, 3.8) is 0 Å². The third-order valence-electron chi connectivity index (χ3n) is 4.37. The van der Waals surface area contributed by atoms with E-state index in [0.29, 0.717) is 0 Å². The van der Waals surface area contributed by atoms with Crippen molar-refractivity contribution in [1.82, 2.24) is 0 Å². The summed E-state index contributed by atoms with van der Waals surface area (Å²) >= 11 is 0. The van der Waals surface area contributed by atoms with E-state index in [4.69, 9.17) is 4.74 Å². The Bertz CT molecular complexity index is 754. The first-order valence-electron chi connectivity index (χ1n) is 7.86. The van der Waals surface area contributed by atoms with E-state index in [2.05, 4.69) is 6.07 Å². The number of carbonyl (C=O) groups is 1. The fraction of sp³-hybridized carbons (Fsp3) is 0.250. The zero-order valence-corrected chi connectivity index (χ0v) is 12.4. The molecule has 2 heteroatoms. The minimum Gasteiger partial charge on any atom is -0.493 e. The first-order valence-corrected chi connectivity index (χ1v) is 7.86. The van der Waals surface area contributed by atoms with Crippen molar-refractivity contribution < 1.29 is 9.53 Å². The topological polar surface area (TPSA) is 26.3 Å². The lowest BCUT2D eigenvalue weighted by atomic mass is 9.87. The lowest BCUT2D eigenvalue weighted by Gasteiger charge is -2.19. The number of ether oxygens (including phenoxy) is 1. The van der Waals surface area contributed by atoms with Crippen LogP contribution in [-0.2, 0) is 6.42 Å². The molecule has 2 aromatic rings. The van der Waals surface area contributed by atoms with Crippen molar-refractivity contribution in [2.45, 2.75) is 19.3 Å². The van der Waals surface area contributed by atoms with Gasteiger partial charge in [-0.2, -0.15) is 0 Å². The summed E-state index contributed by atoms with van der Waals surface area (Å²) < 4.78 is 5.99. The number of benzene rings is 2. The van der Waals surface area contributed by atoms with E-state index in [9.17, 15) is 4.79 Å². The van der Waals surface area contributed by atoms with Crippen molar-refractivity contribution in [1.29, 1.82) is 0 Å². The molecule has 0 unspecified atom stereocenters. The number of fused-ring (bicyclic) bond motifs is 1. The van der Waals surface area contributed by atoms with E-state index < -0.39 is 0 Å². The SMILES string of the molecule is O=C1C=C(c2ccccc2OCC2CC2)Cc2ccccc21. The van der Waals surface area contributed by atoms with Gasteiger partial charge in [-0.1, -0.05) is 42.5 Å². The van der Waals surface area contributed by atoms with Crippen LogP contribution < -0.4 is 4.74 Å². The van der Waals surface area contributed by atoms with Gasteiger partial charge >= 0.3 is 0 Å². The Morgan fingerprint density at radius 2 is 1.68 bits per heavy atom. The number of allylic oxidation sites excluding steroid dienone is 2. The molecular weight excluding hydrogens is 272 g/mol. The average molecular weight is 290 g/mol. The minimum atomic E-state index is 0.0915. The van der Waals surface area contributed by atoms with E-state index in [-0.39, 0.29) is 5.78 Å². The van der Waals surface area contributed by atoms with Crippen LogP contribution in [0.2, 0.25) is 0 Å². The third-order valence-corrected chi connectivity index (χ3v) is 4.37. The summed E-state index contributed by atoms with van der Waals surface area (Å²) in [6.07, 6.45) is 5.10. The smallest absolute Gasteiger partial charge is 0.186 e. The maximum atomic E-state index is 12.3. The van der Waals surface area contributed by atoms with E-state index in [1.54, 1.807) is 6.08 Å². The maximum Gasteiger partial charge on any atom is 0.186 e. The summed E-state index contributed by atoms with van der Waals surface area (Å²) in [6, 6.07) is 15.9. The molecule has 0 aliphatic heterocycles. The number of hydrogen-bond donors (Lipinski definition) is 0. The van der Waals surface area contributed by atoms with Crippen molar-refractivity contribution in [3.8, 4) is 5.75 Å². The quantitative estimate of drug-likeness (QED) is 0.839. The predicted molar refractivity (Wildman–Crippen MR) is 87.1 cm³/mol. The summed E-state index contributed by atoms with van der Waals surface area (Å²) in [7, 11) is 0. The van der Waals surface area contributed by atoms with E-state index >= 15 is 0 Å². The molecule has 2 aliphatic rings. The molecule has 0 heterocycles. The Morgan fingerprint density at radius 1 is 0.955 bits per heavy atom. The molecule has 2 nitrogen and oxygen atoms in total. The molecule has 1 saturated carbocycles. The zero-order chi connectivity index (χ0) is 14.9. The molecule has 0 aromatic heterocycles. The second-order valence-corrected chi connectivity index (χ2v) is 6.12. The lowest BCUT2D eigenvalue weighted by molar-refractivity contribution is 0.104. The number of ketones is 1. The zero-order valence-electron chi connectivity index (χ0n) is 12.4. The van der Waals surface area contributed by atoms with Crippen LogP contribution in [0.15, 0.2) is 54.6 Å². The van der Waals surface area contributed by atoms with Crippen LogP contribution in [0.5, 0.6) is 5.75 Å². The maximum absolute atomic E-state index is 12.3. The van der Waals surface area contributed by atoms with Gasteiger partial charge in [0, 0.05) is 11.1 Å². The summed E-state index contributed by atoms with van der Waals surface area (Å²) in [5, 5.41) is 0. The van der Waals surface area contributed by atoms with E-state index in [1.807, 2.05) is 42.5 Å². The molecule has 0 spiro atoms. The molecule has 0 saturated heterocycles. The molecule has 1 fully saturated rings. The van der Waals surface area contributed by atoms with Gasteiger partial charge in [0.2, 0.25) is 0 Å². The number of carbonyl (C=O) groups excluding carboxylic acids is 1. The molecule has 0 radical (unpaired) electrons. The standard InChI is InChI=1S/C20H18O2/c21-19-12-16(11-15-5-1-2-6-17(15)19)18-7-3-4-8-20(18)22-13-14-9-10-14/h1-8,12,14H,9-11,13H2. The highest BCUT2D eigenvalue weighted by atomic mass is 16.5. The minimum absolute atomic E-state index is 0.0915. The van der Waals surface area contributed by atoms with Gasteiger partial charge in [-0.3, -0.25) is 4.79 Å². The van der Waals surface area contributed by atoms with Gasteiger partial charge in [0.15, 0.2) is 5.78 Å². The Balaban J connectivity index is 1.66. The molecule has 2 aliphatic carbocycles. The van der Waals surface area contributed by atoms with Crippen molar-refractivity contribution in [2.75, 3.05) is 6.61 Å². The van der Waals surface area contributed by atoms with Crippen LogP contribution in [0.1, 0.15) is 34.3 Å². The summed E-state index contributed by atoms with van der Waals surface area (Å²) in [6.45, 7) is 0.787. The van der Waals surface area contributed by atoms with Gasteiger partial charge in [0.05, 0.1) is 6.61 Å². The summed E-state index contributed by atoms with van der Waals surface area (Å²) in [4.78, 5) is 12.3. The number of rotatable bonds is 4. The number of hydrogen-bond acceptors (Lipinski definition) is 2. The Hall–Kier alpha value is -2.35. The molecule has 2 aromatic carbocycles. The van der Waals surface area contributed by atoms with Crippen LogP contribution in [-0.4, -0.2) is 12.4 Å². The van der Waals surface area contributed by atoms with Crippen molar-refractivity contribution in [2.24, 2.45) is 5.92 Å². The molecule has 110 valence electrons. The lowest BCUT2D eigenvalue weighted by Crippen LogP contribution is -2.10. The monoisotopic (exact) mass is 290 g/mol. The normalized spacial score (nSPS) is 16.9. The second-order valence-electron chi connectivity index (χ2n) is 6.12. The molecule has 0 N–H and O–H groups in total. The second kappa shape index (κ2) is 5.45. The molecule has 22 heavy (non-hydrogen) atoms. The Kier molecular flexibility index (Phi) is 3.30. The van der Waals surface area contributed by atoms with Crippen molar-refractivity contribution >= 4 is 11.4 Å². The van der Waals surface area contributed by atoms with Gasteiger partial charge in [0.25, 0.3) is 0 Å². The van der Waals surface area contributed by atoms with Crippen LogP contribution in [0.3, 0.4) is 0 Å². The van der Waals surface area contributed by atoms with Gasteiger partial charge in [-0.25, -0.2) is 0 Å². The summed E-state index contributed by atoms with van der Waals surface area (Å²) in [5.74, 6) is 1.71. The van der Waals surface area contributed by atoms with Gasteiger partial charge in [0.1, 0.15) is 5.75 Å². The molecule has 0 amide bonds. The largest absolute Gasteiger partial charge is 0.493 e. The molecule has 0 bridgehead atoms. The van der Waals surface area contributed by atoms with Crippen LogP contribution >= 0.6 is 0 Å². The molecule has 4 rings (SSSR count). The fourth-order valence-corrected chi connectivity index (χ4v) is 2.93. The first kappa shape index (κ1) is 13.3. The van der Waals surface area contributed by atoms with Crippen LogP contribution in [0.25, 0.3) is 5.57 Å². The predicted octanol–water partition coefficient (Wildman–Crippen LogP) is 4.30. The highest BCUT2D eigenvalue weighted by molar-refractivity contribution is 6.12. The van der Waals surface area contributed by atoms with E-state index in [1.165, 1.54) is 12.8 Å². The first-order chi connectivity index (χ1) is 10.8. The van der Waals surface area contributed by atoms with Crippen LogP contribution in [0.4, 0.5) is 0 Å².